The van der Waals surface area contributed by atoms with E-state index < -0.39 is 17.8 Å². The minimum atomic E-state index is -4.50. The summed E-state index contributed by atoms with van der Waals surface area (Å²) in [5.74, 6) is -1.12. The van der Waals surface area contributed by atoms with Crippen molar-refractivity contribution in [2.75, 3.05) is 11.1 Å². The number of halogens is 3. The first-order valence-electron chi connectivity index (χ1n) is 5.70. The number of hydrogen-bond donors (Lipinski definition) is 3. The number of alkyl halides is 3. The van der Waals surface area contributed by atoms with E-state index in [9.17, 15) is 18.0 Å². The molecule has 0 aliphatic heterocycles. The first kappa shape index (κ1) is 14.6. The average molecular weight is 297 g/mol. The highest BCUT2D eigenvalue weighted by molar-refractivity contribution is 5.90. The summed E-state index contributed by atoms with van der Waals surface area (Å²) < 4.78 is 37.1. The van der Waals surface area contributed by atoms with Crippen LogP contribution in [0.3, 0.4) is 0 Å². The molecule has 0 fully saturated rings. The zero-order valence-electron chi connectivity index (χ0n) is 10.5. The average Bonchev–Trinajstić information content (AvgIpc) is 2.40. The summed E-state index contributed by atoms with van der Waals surface area (Å²) in [7, 11) is 0. The van der Waals surface area contributed by atoms with Gasteiger partial charge in [-0.15, -0.1) is 0 Å². The third kappa shape index (κ3) is 3.41. The summed E-state index contributed by atoms with van der Waals surface area (Å²) in [4.78, 5) is 14.1. The molecule has 2 rings (SSSR count). The van der Waals surface area contributed by atoms with E-state index in [1.807, 2.05) is 0 Å². The van der Waals surface area contributed by atoms with Crippen LogP contribution in [0.4, 0.5) is 30.2 Å². The molecule has 0 amide bonds. The molecule has 0 radical (unpaired) electrons. The second-order valence-corrected chi connectivity index (χ2v) is 4.16. The van der Waals surface area contributed by atoms with Crippen molar-refractivity contribution in [3.8, 4) is 0 Å². The number of carbonyl (C=O) groups is 1. The van der Waals surface area contributed by atoms with Gasteiger partial charge in [-0.05, 0) is 30.3 Å². The molecule has 0 aliphatic carbocycles. The smallest absolute Gasteiger partial charge is 0.433 e. The molecule has 5 nitrogen and oxygen atoms in total. The number of nitrogens with two attached hydrogens (primary N) is 1. The van der Waals surface area contributed by atoms with Crippen molar-refractivity contribution in [1.29, 1.82) is 0 Å². The van der Waals surface area contributed by atoms with Gasteiger partial charge in [0.1, 0.15) is 5.69 Å². The van der Waals surface area contributed by atoms with Crippen LogP contribution in [0.5, 0.6) is 0 Å². The molecule has 0 saturated carbocycles. The summed E-state index contributed by atoms with van der Waals surface area (Å²) in [6.07, 6.45) is -3.48. The van der Waals surface area contributed by atoms with Gasteiger partial charge in [0, 0.05) is 0 Å². The number of pyridine rings is 1. The van der Waals surface area contributed by atoms with E-state index in [1.54, 1.807) is 0 Å². The lowest BCUT2D eigenvalue weighted by Crippen LogP contribution is -2.07. The minimum absolute atomic E-state index is 0.0172. The van der Waals surface area contributed by atoms with Gasteiger partial charge in [-0.3, -0.25) is 0 Å². The van der Waals surface area contributed by atoms with E-state index in [0.29, 0.717) is 11.4 Å². The molecule has 1 aromatic carbocycles. The summed E-state index contributed by atoms with van der Waals surface area (Å²) in [5.41, 5.74) is 5.54. The van der Waals surface area contributed by atoms with Gasteiger partial charge >= 0.3 is 12.1 Å². The lowest BCUT2D eigenvalue weighted by atomic mass is 10.1. The fraction of sp³-hybridized carbons (Fsp3) is 0.0769. The number of benzene rings is 1. The minimum Gasteiger partial charge on any atom is -0.478 e. The van der Waals surface area contributed by atoms with Gasteiger partial charge in [0.05, 0.1) is 28.8 Å². The molecule has 0 atom stereocenters. The van der Waals surface area contributed by atoms with Crippen LogP contribution in [-0.2, 0) is 6.18 Å². The molecule has 110 valence electrons. The highest BCUT2D eigenvalue weighted by Crippen LogP contribution is 2.29. The van der Waals surface area contributed by atoms with Gasteiger partial charge in [-0.1, -0.05) is 0 Å². The topological polar surface area (TPSA) is 88.2 Å². The number of aromatic carboxylic acids is 1. The normalized spacial score (nSPS) is 11.2. The van der Waals surface area contributed by atoms with Crippen LogP contribution in [0.2, 0.25) is 0 Å². The van der Waals surface area contributed by atoms with Crippen molar-refractivity contribution in [2.45, 2.75) is 6.18 Å². The van der Waals surface area contributed by atoms with Gasteiger partial charge < -0.3 is 16.2 Å². The molecule has 1 heterocycles. The molecule has 21 heavy (non-hydrogen) atoms. The summed E-state index contributed by atoms with van der Waals surface area (Å²) in [6, 6.07) is 6.06. The highest BCUT2D eigenvalue weighted by Gasteiger charge is 2.32. The summed E-state index contributed by atoms with van der Waals surface area (Å²) >= 11 is 0. The second kappa shape index (κ2) is 5.31. The van der Waals surface area contributed by atoms with E-state index in [0.717, 1.165) is 12.3 Å². The lowest BCUT2D eigenvalue weighted by Gasteiger charge is -2.11. The number of carboxylic acid groups (broad SMARTS) is 1. The van der Waals surface area contributed by atoms with E-state index in [4.69, 9.17) is 10.8 Å². The largest absolute Gasteiger partial charge is 0.478 e. The van der Waals surface area contributed by atoms with Gasteiger partial charge in [-0.25, -0.2) is 9.78 Å². The Balaban J connectivity index is 2.20. The van der Waals surface area contributed by atoms with Crippen molar-refractivity contribution in [2.24, 2.45) is 0 Å². The van der Waals surface area contributed by atoms with Gasteiger partial charge in [0.2, 0.25) is 0 Å². The third-order valence-corrected chi connectivity index (χ3v) is 2.63. The molecule has 8 heteroatoms. The van der Waals surface area contributed by atoms with Crippen molar-refractivity contribution in [1.82, 2.24) is 4.98 Å². The lowest BCUT2D eigenvalue weighted by molar-refractivity contribution is -0.141. The van der Waals surface area contributed by atoms with Crippen molar-refractivity contribution in [3.63, 3.8) is 0 Å². The number of nitrogens with one attached hydrogen (secondary N) is 1. The van der Waals surface area contributed by atoms with Crippen LogP contribution in [0, 0.1) is 0 Å². The predicted octanol–water partition coefficient (Wildman–Crippen LogP) is 3.12. The zero-order valence-corrected chi connectivity index (χ0v) is 10.5. The molecule has 1 aromatic heterocycles. The van der Waals surface area contributed by atoms with Crippen molar-refractivity contribution in [3.05, 3.63) is 47.8 Å². The summed E-state index contributed by atoms with van der Waals surface area (Å²) in [6.45, 7) is 0. The van der Waals surface area contributed by atoms with Crippen molar-refractivity contribution < 1.29 is 23.1 Å². The maximum atomic E-state index is 12.4. The van der Waals surface area contributed by atoms with Crippen LogP contribution >= 0.6 is 0 Å². The maximum Gasteiger partial charge on any atom is 0.433 e. The first-order chi connectivity index (χ1) is 9.77. The molecule has 0 spiro atoms. The fourth-order valence-corrected chi connectivity index (χ4v) is 1.60. The fourth-order valence-electron chi connectivity index (χ4n) is 1.60. The Hall–Kier alpha value is -2.77. The summed E-state index contributed by atoms with van der Waals surface area (Å²) in [5, 5.41) is 11.6. The number of nitrogens with zero attached hydrogens (tertiary/aromatic N) is 1. The van der Waals surface area contributed by atoms with Crippen LogP contribution in [-0.4, -0.2) is 16.1 Å². The third-order valence-electron chi connectivity index (χ3n) is 2.63. The van der Waals surface area contributed by atoms with Crippen LogP contribution in [0.1, 0.15) is 16.1 Å². The Labute approximate surface area is 117 Å². The van der Waals surface area contributed by atoms with Crippen molar-refractivity contribution >= 4 is 23.0 Å². The first-order valence-corrected chi connectivity index (χ1v) is 5.70. The number of rotatable bonds is 3. The molecule has 2 aromatic rings. The predicted molar refractivity (Wildman–Crippen MR) is 70.3 cm³/mol. The molecule has 0 saturated heterocycles. The maximum absolute atomic E-state index is 12.4. The molecular weight excluding hydrogens is 287 g/mol. The standard InChI is InChI=1S/C13H10F3N3O2/c14-13(15,16)11-4-2-8(6-18-11)19-10-3-1-7(12(20)21)5-9(10)17/h1-6,19H,17H2,(H,20,21). The Morgan fingerprint density at radius 1 is 1.24 bits per heavy atom. The highest BCUT2D eigenvalue weighted by atomic mass is 19.4. The zero-order chi connectivity index (χ0) is 15.6. The monoisotopic (exact) mass is 297 g/mol. The quantitative estimate of drug-likeness (QED) is 0.757. The van der Waals surface area contributed by atoms with E-state index in [1.165, 1.54) is 24.3 Å². The molecular formula is C13H10F3N3O2. The van der Waals surface area contributed by atoms with Gasteiger partial charge in [-0.2, -0.15) is 13.2 Å². The Kier molecular flexibility index (Phi) is 3.70. The number of aromatic nitrogens is 1. The Morgan fingerprint density at radius 3 is 2.43 bits per heavy atom. The van der Waals surface area contributed by atoms with E-state index >= 15 is 0 Å². The number of hydrogen-bond acceptors (Lipinski definition) is 4. The van der Waals surface area contributed by atoms with E-state index in [2.05, 4.69) is 10.3 Å². The van der Waals surface area contributed by atoms with Crippen LogP contribution in [0.25, 0.3) is 0 Å². The molecule has 0 bridgehead atoms. The van der Waals surface area contributed by atoms with E-state index in [-0.39, 0.29) is 11.3 Å². The molecule has 4 N–H and O–H groups in total. The van der Waals surface area contributed by atoms with Crippen LogP contribution in [0.15, 0.2) is 36.5 Å². The Morgan fingerprint density at radius 2 is 1.95 bits per heavy atom. The number of carboxylic acids is 1. The second-order valence-electron chi connectivity index (χ2n) is 4.16. The Bertz CT molecular complexity index is 669. The number of nitrogen functional groups attached to an aromatic ring is 1. The SMILES string of the molecule is Nc1cc(C(=O)O)ccc1Nc1ccc(C(F)(F)F)nc1. The van der Waals surface area contributed by atoms with Gasteiger partial charge in [0.25, 0.3) is 0 Å². The van der Waals surface area contributed by atoms with Crippen LogP contribution < -0.4 is 11.1 Å². The molecule has 0 aliphatic rings. The van der Waals surface area contributed by atoms with Gasteiger partial charge in [0.15, 0.2) is 0 Å². The number of anilines is 3. The molecule has 0 unspecified atom stereocenters.